The molecule has 0 spiro atoms. The predicted molar refractivity (Wildman–Crippen MR) is 67.4 cm³/mol. The average molecular weight is 229 g/mol. The summed E-state index contributed by atoms with van der Waals surface area (Å²) in [5.74, 6) is 0.861. The van der Waals surface area contributed by atoms with Crippen molar-refractivity contribution in [1.82, 2.24) is 0 Å². The Labute approximate surface area is 101 Å². The Kier molecular flexibility index (Phi) is 3.62. The normalized spacial score (nSPS) is 10.0. The second kappa shape index (κ2) is 5.37. The number of anilines is 1. The summed E-state index contributed by atoms with van der Waals surface area (Å²) < 4.78 is 5.71. The molecule has 0 bridgehead atoms. The van der Waals surface area contributed by atoms with Gasteiger partial charge in [0.15, 0.2) is 0 Å². The first-order chi connectivity index (χ1) is 8.31. The lowest BCUT2D eigenvalue weighted by Gasteiger charge is -2.11. The Bertz CT molecular complexity index is 497. The highest BCUT2D eigenvalue weighted by Crippen LogP contribution is 2.20. The van der Waals surface area contributed by atoms with E-state index >= 15 is 0 Å². The molecular formula is C14H15NO2. The van der Waals surface area contributed by atoms with Gasteiger partial charge in [-0.25, -0.2) is 0 Å². The topological polar surface area (TPSA) is 41.5 Å². The van der Waals surface area contributed by atoms with Gasteiger partial charge in [0.05, 0.1) is 5.69 Å². The number of hydrogen-bond donors (Lipinski definition) is 2. The lowest BCUT2D eigenvalue weighted by atomic mass is 10.2. The summed E-state index contributed by atoms with van der Waals surface area (Å²) >= 11 is 0. The largest absolute Gasteiger partial charge is 0.489 e. The number of aryl methyl sites for hydroxylation is 1. The maximum atomic E-state index is 8.96. The van der Waals surface area contributed by atoms with Crippen molar-refractivity contribution in [3.8, 4) is 5.75 Å². The Balaban J connectivity index is 2.10. The molecule has 2 aromatic carbocycles. The van der Waals surface area contributed by atoms with Gasteiger partial charge in [0.25, 0.3) is 0 Å². The standard InChI is InChI=1S/C14H15NO2/c1-11-6-2-5-9-14(11)17-10-12-7-3-4-8-13(12)15-16/h2-9,15-16H,10H2,1H3. The first kappa shape index (κ1) is 11.5. The van der Waals surface area contributed by atoms with Crippen LogP contribution in [0, 0.1) is 6.92 Å². The third kappa shape index (κ3) is 2.77. The lowest BCUT2D eigenvalue weighted by molar-refractivity contribution is 0.302. The summed E-state index contributed by atoms with van der Waals surface area (Å²) in [5.41, 5.74) is 4.85. The molecule has 17 heavy (non-hydrogen) atoms. The monoisotopic (exact) mass is 229 g/mol. The van der Waals surface area contributed by atoms with E-state index in [9.17, 15) is 0 Å². The van der Waals surface area contributed by atoms with Crippen LogP contribution in [0.25, 0.3) is 0 Å². The predicted octanol–water partition coefficient (Wildman–Crippen LogP) is 3.38. The fourth-order valence-electron chi connectivity index (χ4n) is 1.63. The number of rotatable bonds is 4. The van der Waals surface area contributed by atoms with Crippen LogP contribution >= 0.6 is 0 Å². The number of benzene rings is 2. The zero-order valence-corrected chi connectivity index (χ0v) is 9.68. The Morgan fingerprint density at radius 1 is 1.06 bits per heavy atom. The Hall–Kier alpha value is -2.00. The molecular weight excluding hydrogens is 214 g/mol. The maximum Gasteiger partial charge on any atom is 0.122 e. The van der Waals surface area contributed by atoms with E-state index in [2.05, 4.69) is 5.48 Å². The van der Waals surface area contributed by atoms with Crippen LogP contribution in [0.2, 0.25) is 0 Å². The first-order valence-electron chi connectivity index (χ1n) is 5.47. The second-order valence-electron chi connectivity index (χ2n) is 3.82. The third-order valence-corrected chi connectivity index (χ3v) is 2.61. The number of hydrogen-bond acceptors (Lipinski definition) is 3. The molecule has 0 saturated carbocycles. The number of para-hydroxylation sites is 2. The van der Waals surface area contributed by atoms with Crippen LogP contribution < -0.4 is 10.2 Å². The molecule has 2 rings (SSSR count). The van der Waals surface area contributed by atoms with Crippen LogP contribution in [0.15, 0.2) is 48.5 Å². The van der Waals surface area contributed by atoms with Crippen molar-refractivity contribution in [1.29, 1.82) is 0 Å². The summed E-state index contributed by atoms with van der Waals surface area (Å²) in [4.78, 5) is 0. The van der Waals surface area contributed by atoms with Gasteiger partial charge in [-0.05, 0) is 24.6 Å². The summed E-state index contributed by atoms with van der Waals surface area (Å²) in [7, 11) is 0. The summed E-state index contributed by atoms with van der Waals surface area (Å²) in [6.45, 7) is 2.43. The number of ether oxygens (including phenoxy) is 1. The van der Waals surface area contributed by atoms with Crippen molar-refractivity contribution >= 4 is 5.69 Å². The van der Waals surface area contributed by atoms with Crippen LogP contribution in [0.5, 0.6) is 5.75 Å². The van der Waals surface area contributed by atoms with E-state index in [4.69, 9.17) is 9.94 Å². The minimum absolute atomic E-state index is 0.425. The third-order valence-electron chi connectivity index (χ3n) is 2.61. The molecule has 0 radical (unpaired) electrons. The van der Waals surface area contributed by atoms with E-state index in [1.54, 1.807) is 6.07 Å². The van der Waals surface area contributed by atoms with Gasteiger partial charge in [-0.15, -0.1) is 0 Å². The van der Waals surface area contributed by atoms with Gasteiger partial charge in [-0.3, -0.25) is 10.7 Å². The van der Waals surface area contributed by atoms with Gasteiger partial charge in [0, 0.05) is 5.56 Å². The summed E-state index contributed by atoms with van der Waals surface area (Å²) in [5, 5.41) is 8.96. The average Bonchev–Trinajstić information content (AvgIpc) is 2.38. The van der Waals surface area contributed by atoms with Gasteiger partial charge in [-0.1, -0.05) is 36.4 Å². The van der Waals surface area contributed by atoms with Crippen LogP contribution in [0.3, 0.4) is 0 Å². The van der Waals surface area contributed by atoms with Crippen molar-refractivity contribution in [2.45, 2.75) is 13.5 Å². The zero-order valence-electron chi connectivity index (χ0n) is 9.68. The SMILES string of the molecule is Cc1ccccc1OCc1ccccc1NO. The zero-order chi connectivity index (χ0) is 12.1. The number of nitrogens with one attached hydrogen (secondary N) is 1. The van der Waals surface area contributed by atoms with E-state index in [1.165, 1.54) is 0 Å². The van der Waals surface area contributed by atoms with Gasteiger partial charge in [0.2, 0.25) is 0 Å². The van der Waals surface area contributed by atoms with Gasteiger partial charge >= 0.3 is 0 Å². The molecule has 0 aliphatic heterocycles. The summed E-state index contributed by atoms with van der Waals surface area (Å²) in [6.07, 6.45) is 0. The maximum absolute atomic E-state index is 8.96. The highest BCUT2D eigenvalue weighted by atomic mass is 16.5. The molecule has 0 aliphatic carbocycles. The van der Waals surface area contributed by atoms with E-state index in [1.807, 2.05) is 49.4 Å². The smallest absolute Gasteiger partial charge is 0.122 e. The Morgan fingerprint density at radius 3 is 2.53 bits per heavy atom. The molecule has 2 N–H and O–H groups in total. The molecule has 0 amide bonds. The fourth-order valence-corrected chi connectivity index (χ4v) is 1.63. The minimum Gasteiger partial charge on any atom is -0.489 e. The van der Waals surface area contributed by atoms with Crippen molar-refractivity contribution in [3.63, 3.8) is 0 Å². The van der Waals surface area contributed by atoms with E-state index in [0.29, 0.717) is 12.3 Å². The molecule has 0 aromatic heterocycles. The fraction of sp³-hybridized carbons (Fsp3) is 0.143. The second-order valence-corrected chi connectivity index (χ2v) is 3.82. The molecule has 0 heterocycles. The minimum atomic E-state index is 0.425. The summed E-state index contributed by atoms with van der Waals surface area (Å²) in [6, 6.07) is 15.3. The molecule has 0 aliphatic rings. The highest BCUT2D eigenvalue weighted by molar-refractivity contribution is 5.49. The van der Waals surface area contributed by atoms with E-state index in [0.717, 1.165) is 16.9 Å². The van der Waals surface area contributed by atoms with Gasteiger partial charge in [0.1, 0.15) is 12.4 Å². The molecule has 0 fully saturated rings. The van der Waals surface area contributed by atoms with Crippen molar-refractivity contribution in [2.75, 3.05) is 5.48 Å². The lowest BCUT2D eigenvalue weighted by Crippen LogP contribution is -2.01. The van der Waals surface area contributed by atoms with Crippen LogP contribution in [-0.2, 0) is 6.61 Å². The molecule has 0 unspecified atom stereocenters. The molecule has 3 nitrogen and oxygen atoms in total. The van der Waals surface area contributed by atoms with Gasteiger partial charge in [-0.2, -0.15) is 0 Å². The molecule has 0 saturated heterocycles. The first-order valence-corrected chi connectivity index (χ1v) is 5.47. The van der Waals surface area contributed by atoms with E-state index < -0.39 is 0 Å². The van der Waals surface area contributed by atoms with E-state index in [-0.39, 0.29) is 0 Å². The molecule has 88 valence electrons. The molecule has 2 aromatic rings. The van der Waals surface area contributed by atoms with Gasteiger partial charge < -0.3 is 4.74 Å². The van der Waals surface area contributed by atoms with Crippen LogP contribution in [0.4, 0.5) is 5.69 Å². The van der Waals surface area contributed by atoms with Crippen LogP contribution in [0.1, 0.15) is 11.1 Å². The highest BCUT2D eigenvalue weighted by Gasteiger charge is 2.02. The van der Waals surface area contributed by atoms with Crippen molar-refractivity contribution < 1.29 is 9.94 Å². The van der Waals surface area contributed by atoms with Crippen LogP contribution in [-0.4, -0.2) is 5.21 Å². The quantitative estimate of drug-likeness (QED) is 0.790. The van der Waals surface area contributed by atoms with Crippen molar-refractivity contribution in [2.24, 2.45) is 0 Å². The molecule has 0 atom stereocenters. The Morgan fingerprint density at radius 2 is 1.76 bits per heavy atom. The van der Waals surface area contributed by atoms with Crippen molar-refractivity contribution in [3.05, 3.63) is 59.7 Å². The molecule has 3 heteroatoms.